The van der Waals surface area contributed by atoms with Gasteiger partial charge in [-0.25, -0.2) is 0 Å². The summed E-state index contributed by atoms with van der Waals surface area (Å²) in [6.45, 7) is 1.88. The molecule has 2 N–H and O–H groups in total. The molecule has 1 amide bonds. The maximum atomic E-state index is 12.3. The van der Waals surface area contributed by atoms with Gasteiger partial charge < -0.3 is 10.6 Å². The molecule has 9 heteroatoms. The van der Waals surface area contributed by atoms with Gasteiger partial charge in [0.2, 0.25) is 5.91 Å². The van der Waals surface area contributed by atoms with Gasteiger partial charge in [0.1, 0.15) is 4.90 Å². The Hall–Kier alpha value is -1.97. The van der Waals surface area contributed by atoms with Crippen LogP contribution in [0.3, 0.4) is 0 Å². The van der Waals surface area contributed by atoms with Crippen LogP contribution in [0.25, 0.3) is 0 Å². The second-order valence-corrected chi connectivity index (χ2v) is 8.98. The van der Waals surface area contributed by atoms with Crippen LogP contribution in [0.2, 0.25) is 0 Å². The van der Waals surface area contributed by atoms with Crippen molar-refractivity contribution in [1.29, 1.82) is 0 Å². The zero-order valence-electron chi connectivity index (χ0n) is 14.1. The summed E-state index contributed by atoms with van der Waals surface area (Å²) in [5.41, 5.74) is 2.12. The maximum Gasteiger partial charge on any atom is 0.286 e. The molecule has 1 heterocycles. The van der Waals surface area contributed by atoms with E-state index in [4.69, 9.17) is 0 Å². The van der Waals surface area contributed by atoms with Crippen molar-refractivity contribution >= 4 is 56.0 Å². The highest BCUT2D eigenvalue weighted by Gasteiger charge is 2.25. The summed E-state index contributed by atoms with van der Waals surface area (Å²) < 4.78 is 28.3. The van der Waals surface area contributed by atoms with Crippen molar-refractivity contribution in [2.45, 2.75) is 16.7 Å². The van der Waals surface area contributed by atoms with Gasteiger partial charge >= 0.3 is 0 Å². The molecule has 0 saturated carbocycles. The lowest BCUT2D eigenvalue weighted by Gasteiger charge is -2.18. The van der Waals surface area contributed by atoms with Gasteiger partial charge in [-0.3, -0.25) is 4.79 Å². The molecule has 1 aliphatic heterocycles. The second-order valence-electron chi connectivity index (χ2n) is 5.56. The van der Waals surface area contributed by atoms with Crippen LogP contribution >= 0.6 is 23.5 Å². The number of amidine groups is 1. The van der Waals surface area contributed by atoms with Crippen molar-refractivity contribution in [3.8, 4) is 0 Å². The molecule has 0 atom stereocenters. The van der Waals surface area contributed by atoms with Crippen molar-refractivity contribution in [2.75, 3.05) is 22.6 Å². The van der Waals surface area contributed by atoms with Crippen molar-refractivity contribution < 1.29 is 13.2 Å². The molecule has 0 aliphatic carbocycles. The highest BCUT2D eigenvalue weighted by atomic mass is 32.2. The van der Waals surface area contributed by atoms with E-state index in [0.29, 0.717) is 11.4 Å². The number of nitrogens with zero attached hydrogens (tertiary/aromatic N) is 1. The predicted molar refractivity (Wildman–Crippen MR) is 109 cm³/mol. The van der Waals surface area contributed by atoms with Gasteiger partial charge in [-0.1, -0.05) is 23.9 Å². The Bertz CT molecular complexity index is 988. The van der Waals surface area contributed by atoms with Crippen LogP contribution in [0.4, 0.5) is 11.4 Å². The molecule has 6 nitrogen and oxygen atoms in total. The minimum atomic E-state index is -3.75. The largest absolute Gasteiger partial charge is 0.333 e. The topological polar surface area (TPSA) is 87.6 Å². The second kappa shape index (κ2) is 7.73. The number of aryl methyl sites for hydroxylation is 1. The van der Waals surface area contributed by atoms with Gasteiger partial charge in [0.25, 0.3) is 10.0 Å². The summed E-state index contributed by atoms with van der Waals surface area (Å²) in [4.78, 5) is 13.3. The Balaban J connectivity index is 1.66. The molecule has 2 aromatic carbocycles. The first-order valence-electron chi connectivity index (χ1n) is 7.67. The average Bonchev–Trinajstić information content (AvgIpc) is 2.59. The summed E-state index contributed by atoms with van der Waals surface area (Å²) in [6.07, 6.45) is 1.96. The summed E-state index contributed by atoms with van der Waals surface area (Å²) in [6, 6.07) is 12.5. The molecule has 0 saturated heterocycles. The van der Waals surface area contributed by atoms with E-state index in [1.807, 2.05) is 37.4 Å². The fraction of sp³-hybridized carbons (Fsp3) is 0.176. The molecule has 0 radical (unpaired) electrons. The smallest absolute Gasteiger partial charge is 0.286 e. The van der Waals surface area contributed by atoms with Crippen LogP contribution < -0.4 is 10.6 Å². The van der Waals surface area contributed by atoms with Crippen molar-refractivity contribution in [1.82, 2.24) is 0 Å². The van der Waals surface area contributed by atoms with E-state index in [9.17, 15) is 13.2 Å². The summed E-state index contributed by atoms with van der Waals surface area (Å²) in [5.74, 6) is -0.184. The molecule has 0 bridgehead atoms. The number of rotatable bonds is 4. The first-order valence-corrected chi connectivity index (χ1v) is 11.3. The van der Waals surface area contributed by atoms with E-state index in [-0.39, 0.29) is 21.7 Å². The molecule has 3 rings (SSSR count). The Kier molecular flexibility index (Phi) is 5.59. The van der Waals surface area contributed by atoms with Gasteiger partial charge in [0.15, 0.2) is 5.17 Å². The molecule has 136 valence electrons. The van der Waals surface area contributed by atoms with Gasteiger partial charge in [-0.05, 0) is 49.1 Å². The zero-order chi connectivity index (χ0) is 18.7. The quantitative estimate of drug-likeness (QED) is 0.754. The number of hydrogen-bond donors (Lipinski definition) is 2. The van der Waals surface area contributed by atoms with E-state index in [2.05, 4.69) is 15.0 Å². The normalized spacial score (nSPS) is 14.8. The minimum Gasteiger partial charge on any atom is -0.333 e. The number of carbonyl (C=O) groups is 1. The fourth-order valence-corrected chi connectivity index (χ4v) is 4.83. The molecule has 0 aromatic heterocycles. The molecule has 0 spiro atoms. The van der Waals surface area contributed by atoms with E-state index in [0.717, 1.165) is 22.2 Å². The molecular weight excluding hydrogens is 390 g/mol. The standard InChI is InChI=1S/C17H17N3O3S3/c1-11-6-7-15-14(8-11)19-17(20-26(15,22)23)25-10-16(21)18-12-4-3-5-13(9-12)24-2/h3-9H,10H2,1-2H3,(H,18,21)(H,19,20). The molecular formula is C17H17N3O3S3. The van der Waals surface area contributed by atoms with E-state index in [1.54, 1.807) is 23.9 Å². The number of amides is 1. The number of thioether (sulfide) groups is 2. The molecule has 2 aromatic rings. The third kappa shape index (κ3) is 4.40. The lowest BCUT2D eigenvalue weighted by molar-refractivity contribution is -0.113. The van der Waals surface area contributed by atoms with Crippen LogP contribution in [0.5, 0.6) is 0 Å². The van der Waals surface area contributed by atoms with Crippen LogP contribution in [0.15, 0.2) is 56.7 Å². The van der Waals surface area contributed by atoms with Crippen molar-refractivity contribution in [3.63, 3.8) is 0 Å². The third-order valence-electron chi connectivity index (χ3n) is 3.55. The van der Waals surface area contributed by atoms with E-state index < -0.39 is 10.0 Å². The maximum absolute atomic E-state index is 12.3. The SMILES string of the molecule is CSc1cccc(NC(=O)CSC2=NS(=O)(=O)c3ccc(C)cc3N2)c1. The molecule has 26 heavy (non-hydrogen) atoms. The first-order chi connectivity index (χ1) is 12.4. The number of benzene rings is 2. The van der Waals surface area contributed by atoms with Crippen molar-refractivity contribution in [2.24, 2.45) is 4.40 Å². The Morgan fingerprint density at radius 2 is 2.04 bits per heavy atom. The number of fused-ring (bicyclic) bond motifs is 1. The predicted octanol–water partition coefficient (Wildman–Crippen LogP) is 3.56. The van der Waals surface area contributed by atoms with Gasteiger partial charge in [-0.15, -0.1) is 16.2 Å². The number of carbonyl (C=O) groups excluding carboxylic acids is 1. The monoisotopic (exact) mass is 407 g/mol. The Labute approximate surface area is 160 Å². The van der Waals surface area contributed by atoms with Crippen LogP contribution in [0.1, 0.15) is 5.56 Å². The molecule has 0 unspecified atom stereocenters. The Morgan fingerprint density at radius 3 is 2.81 bits per heavy atom. The van der Waals surface area contributed by atoms with Crippen LogP contribution in [0, 0.1) is 6.92 Å². The number of sulfonamides is 1. The average molecular weight is 408 g/mol. The molecule has 0 fully saturated rings. The lowest BCUT2D eigenvalue weighted by Crippen LogP contribution is -2.22. The molecule has 1 aliphatic rings. The Morgan fingerprint density at radius 1 is 1.23 bits per heavy atom. The van der Waals surface area contributed by atoms with Gasteiger partial charge in [-0.2, -0.15) is 8.42 Å². The highest BCUT2D eigenvalue weighted by molar-refractivity contribution is 8.15. The van der Waals surface area contributed by atoms with E-state index >= 15 is 0 Å². The number of hydrogen-bond acceptors (Lipinski definition) is 6. The van der Waals surface area contributed by atoms with Gasteiger partial charge in [0.05, 0.1) is 11.4 Å². The lowest BCUT2D eigenvalue weighted by atomic mass is 10.2. The van der Waals surface area contributed by atoms with Crippen LogP contribution in [-0.2, 0) is 14.8 Å². The highest BCUT2D eigenvalue weighted by Crippen LogP contribution is 2.30. The summed E-state index contributed by atoms with van der Waals surface area (Å²) in [7, 11) is -3.75. The third-order valence-corrected chi connectivity index (χ3v) is 6.60. The first kappa shape index (κ1) is 18.8. The van der Waals surface area contributed by atoms with Crippen LogP contribution in [-0.4, -0.2) is 31.5 Å². The number of nitrogens with one attached hydrogen (secondary N) is 2. The zero-order valence-corrected chi connectivity index (χ0v) is 16.6. The number of anilines is 2. The van der Waals surface area contributed by atoms with Crippen molar-refractivity contribution in [3.05, 3.63) is 48.0 Å². The van der Waals surface area contributed by atoms with Gasteiger partial charge in [0, 0.05) is 10.6 Å². The summed E-state index contributed by atoms with van der Waals surface area (Å²) in [5, 5.41) is 5.97. The minimum absolute atomic E-state index is 0.0476. The summed E-state index contributed by atoms with van der Waals surface area (Å²) >= 11 is 2.64. The fourth-order valence-electron chi connectivity index (χ4n) is 2.36. The van der Waals surface area contributed by atoms with E-state index in [1.165, 1.54) is 6.07 Å².